The molecule has 2 atom stereocenters. The second kappa shape index (κ2) is 8.32. The fourth-order valence-corrected chi connectivity index (χ4v) is 4.20. The number of carboxylic acids is 1. The van der Waals surface area contributed by atoms with Crippen LogP contribution >= 0.6 is 12.2 Å². The molecule has 7 nitrogen and oxygen atoms in total. The van der Waals surface area contributed by atoms with Crippen molar-refractivity contribution in [2.45, 2.75) is 18.6 Å². The Morgan fingerprint density at radius 3 is 2.62 bits per heavy atom. The predicted molar refractivity (Wildman–Crippen MR) is 121 cm³/mol. The van der Waals surface area contributed by atoms with Gasteiger partial charge in [-0.2, -0.15) is 0 Å². The largest absolute Gasteiger partial charge is 0.478 e. The molecule has 1 aliphatic heterocycles. The maximum Gasteiger partial charge on any atom is 0.335 e. The lowest BCUT2D eigenvalue weighted by Crippen LogP contribution is -2.28. The van der Waals surface area contributed by atoms with Crippen LogP contribution in [0.5, 0.6) is 0 Å². The first-order valence-electron chi connectivity index (χ1n) is 10.0. The van der Waals surface area contributed by atoms with Gasteiger partial charge in [-0.25, -0.2) is 4.79 Å². The van der Waals surface area contributed by atoms with Gasteiger partial charge in [-0.1, -0.05) is 18.2 Å². The van der Waals surface area contributed by atoms with Crippen LogP contribution in [0.1, 0.15) is 39.7 Å². The first-order valence-corrected chi connectivity index (χ1v) is 10.4. The van der Waals surface area contributed by atoms with E-state index in [2.05, 4.69) is 10.3 Å². The lowest BCUT2D eigenvalue weighted by atomic mass is 10.0. The van der Waals surface area contributed by atoms with Crippen molar-refractivity contribution in [3.05, 3.63) is 102 Å². The first-order chi connectivity index (χ1) is 15.6. The summed E-state index contributed by atoms with van der Waals surface area (Å²) in [7, 11) is 0. The van der Waals surface area contributed by atoms with Gasteiger partial charge in [-0.05, 0) is 60.7 Å². The van der Waals surface area contributed by atoms with Crippen molar-refractivity contribution in [1.82, 2.24) is 15.2 Å². The molecule has 0 spiro atoms. The SMILES string of the molecule is O=C(O)c1ccc(-c2ccc([C@@H]3[C@H](c4ccccn4)NC(=S)N3Cc3ccco3)o2)cc1. The topological polar surface area (TPSA) is 91.7 Å². The van der Waals surface area contributed by atoms with Crippen molar-refractivity contribution in [3.63, 3.8) is 0 Å². The van der Waals surface area contributed by atoms with Crippen LogP contribution in [0.15, 0.2) is 88.0 Å². The van der Waals surface area contributed by atoms with Crippen LogP contribution in [-0.2, 0) is 6.54 Å². The van der Waals surface area contributed by atoms with E-state index in [0.717, 1.165) is 22.8 Å². The van der Waals surface area contributed by atoms with Crippen molar-refractivity contribution >= 4 is 23.3 Å². The lowest BCUT2D eigenvalue weighted by molar-refractivity contribution is 0.0697. The van der Waals surface area contributed by atoms with Crippen LogP contribution < -0.4 is 5.32 Å². The molecule has 8 heteroatoms. The highest BCUT2D eigenvalue weighted by Crippen LogP contribution is 2.41. The molecule has 4 aromatic rings. The Hall–Kier alpha value is -3.91. The minimum Gasteiger partial charge on any atom is -0.478 e. The average molecular weight is 446 g/mol. The molecular formula is C24H19N3O4S. The van der Waals surface area contributed by atoms with Crippen LogP contribution in [0.3, 0.4) is 0 Å². The van der Waals surface area contributed by atoms with Crippen molar-refractivity contribution < 1.29 is 18.7 Å². The smallest absolute Gasteiger partial charge is 0.335 e. The van der Waals surface area contributed by atoms with Gasteiger partial charge in [-0.3, -0.25) is 4.98 Å². The Bertz CT molecular complexity index is 1240. The number of benzene rings is 1. The molecule has 4 heterocycles. The van der Waals surface area contributed by atoms with E-state index < -0.39 is 5.97 Å². The van der Waals surface area contributed by atoms with Gasteiger partial charge < -0.3 is 24.2 Å². The fraction of sp³-hybridized carbons (Fsp3) is 0.125. The number of carboxylic acid groups (broad SMARTS) is 1. The van der Waals surface area contributed by atoms with E-state index in [1.165, 1.54) is 0 Å². The lowest BCUT2D eigenvalue weighted by Gasteiger charge is -2.25. The highest BCUT2D eigenvalue weighted by atomic mass is 32.1. The summed E-state index contributed by atoms with van der Waals surface area (Å²) in [5.41, 5.74) is 1.87. The van der Waals surface area contributed by atoms with Crippen LogP contribution in [-0.4, -0.2) is 26.1 Å². The molecule has 0 amide bonds. The molecule has 0 radical (unpaired) electrons. The number of hydrogen-bond acceptors (Lipinski definition) is 5. The Labute approximate surface area is 189 Å². The third kappa shape index (κ3) is 3.76. The monoisotopic (exact) mass is 445 g/mol. The standard InChI is InChI=1S/C24H19N3O4S/c28-23(29)16-8-6-15(7-9-16)19-10-11-20(31-19)22-21(18-5-1-2-12-25-18)26-24(32)27(22)14-17-4-3-13-30-17/h1-13,21-22H,14H2,(H,26,32)(H,28,29)/t21-,22+/m0/s1. The zero-order valence-corrected chi connectivity index (χ0v) is 17.7. The number of pyridine rings is 1. The maximum atomic E-state index is 11.1. The van der Waals surface area contributed by atoms with E-state index in [-0.39, 0.29) is 17.6 Å². The number of rotatable bonds is 6. The van der Waals surface area contributed by atoms with Crippen LogP contribution in [0.25, 0.3) is 11.3 Å². The van der Waals surface area contributed by atoms with Crippen molar-refractivity contribution in [2.75, 3.05) is 0 Å². The predicted octanol–water partition coefficient (Wildman–Crippen LogP) is 4.81. The summed E-state index contributed by atoms with van der Waals surface area (Å²) >= 11 is 5.65. The van der Waals surface area contributed by atoms with Gasteiger partial charge in [0.1, 0.15) is 23.3 Å². The summed E-state index contributed by atoms with van der Waals surface area (Å²) in [5.74, 6) is 1.19. The Balaban J connectivity index is 1.51. The van der Waals surface area contributed by atoms with Gasteiger partial charge in [0.05, 0.1) is 30.1 Å². The van der Waals surface area contributed by atoms with E-state index in [0.29, 0.717) is 17.4 Å². The third-order valence-electron chi connectivity index (χ3n) is 5.44. The Kier molecular flexibility index (Phi) is 5.20. The molecule has 5 rings (SSSR count). The summed E-state index contributed by atoms with van der Waals surface area (Å²) in [5, 5.41) is 13.1. The zero-order valence-electron chi connectivity index (χ0n) is 16.8. The van der Waals surface area contributed by atoms with Gasteiger partial charge in [0.2, 0.25) is 0 Å². The van der Waals surface area contributed by atoms with Crippen LogP contribution in [0.4, 0.5) is 0 Å². The van der Waals surface area contributed by atoms with E-state index in [1.54, 1.807) is 36.7 Å². The van der Waals surface area contributed by atoms with Gasteiger partial charge in [0, 0.05) is 11.8 Å². The van der Waals surface area contributed by atoms with Crippen molar-refractivity contribution in [1.29, 1.82) is 0 Å². The summed E-state index contributed by atoms with van der Waals surface area (Å²) < 4.78 is 11.8. The minimum atomic E-state index is -0.964. The molecule has 1 fully saturated rings. The number of aromatic carboxylic acids is 1. The molecule has 2 N–H and O–H groups in total. The first kappa shape index (κ1) is 20.0. The zero-order chi connectivity index (χ0) is 22.1. The highest BCUT2D eigenvalue weighted by Gasteiger charge is 2.42. The molecule has 1 aromatic carbocycles. The molecule has 0 saturated carbocycles. The molecule has 0 bridgehead atoms. The molecule has 1 saturated heterocycles. The van der Waals surface area contributed by atoms with E-state index >= 15 is 0 Å². The number of carbonyl (C=O) groups is 1. The highest BCUT2D eigenvalue weighted by molar-refractivity contribution is 7.80. The molecule has 0 aliphatic carbocycles. The van der Waals surface area contributed by atoms with E-state index in [9.17, 15) is 4.79 Å². The third-order valence-corrected chi connectivity index (χ3v) is 5.79. The molecule has 0 unspecified atom stereocenters. The van der Waals surface area contributed by atoms with Crippen molar-refractivity contribution in [3.8, 4) is 11.3 Å². The molecule has 160 valence electrons. The molecular weight excluding hydrogens is 426 g/mol. The molecule has 1 aliphatic rings. The van der Waals surface area contributed by atoms with Gasteiger partial charge in [0.25, 0.3) is 0 Å². The second-order valence-electron chi connectivity index (χ2n) is 7.42. The summed E-state index contributed by atoms with van der Waals surface area (Å²) in [6.45, 7) is 0.482. The van der Waals surface area contributed by atoms with E-state index in [4.69, 9.17) is 26.2 Å². The summed E-state index contributed by atoms with van der Waals surface area (Å²) in [6, 6.07) is 19.5. The summed E-state index contributed by atoms with van der Waals surface area (Å²) in [6.07, 6.45) is 3.39. The van der Waals surface area contributed by atoms with Gasteiger partial charge in [0.15, 0.2) is 5.11 Å². The molecule has 3 aromatic heterocycles. The van der Waals surface area contributed by atoms with Gasteiger partial charge >= 0.3 is 5.97 Å². The number of nitrogens with one attached hydrogen (secondary N) is 1. The minimum absolute atomic E-state index is 0.202. The van der Waals surface area contributed by atoms with Crippen molar-refractivity contribution in [2.24, 2.45) is 0 Å². The Morgan fingerprint density at radius 1 is 1.09 bits per heavy atom. The van der Waals surface area contributed by atoms with Crippen LogP contribution in [0, 0.1) is 0 Å². The number of nitrogens with zero attached hydrogens (tertiary/aromatic N) is 2. The van der Waals surface area contributed by atoms with Crippen LogP contribution in [0.2, 0.25) is 0 Å². The maximum absolute atomic E-state index is 11.1. The number of furan rings is 2. The fourth-order valence-electron chi connectivity index (χ4n) is 3.90. The average Bonchev–Trinajstić information content (AvgIpc) is 3.56. The summed E-state index contributed by atoms with van der Waals surface area (Å²) in [4.78, 5) is 17.7. The Morgan fingerprint density at radius 2 is 1.94 bits per heavy atom. The molecule has 32 heavy (non-hydrogen) atoms. The number of aromatic nitrogens is 1. The quantitative estimate of drug-likeness (QED) is 0.409. The number of hydrogen-bond donors (Lipinski definition) is 2. The van der Waals surface area contributed by atoms with E-state index in [1.807, 2.05) is 47.4 Å². The second-order valence-corrected chi connectivity index (χ2v) is 7.81. The number of thiocarbonyl (C=S) groups is 1. The van der Waals surface area contributed by atoms with Gasteiger partial charge in [-0.15, -0.1) is 0 Å². The normalized spacial score (nSPS) is 18.0.